The molecule has 18 heavy (non-hydrogen) atoms. The third-order valence-electron chi connectivity index (χ3n) is 3.22. The standard InChI is InChI=1S/C11H16Cl2N4O/c1-3-11(4-2,5-14)10(18)17-7-8(12)15-6-16-9(7)13/h6H,3-5,14H2,1-2H3,(H,17,18). The lowest BCUT2D eigenvalue weighted by atomic mass is 9.81. The summed E-state index contributed by atoms with van der Waals surface area (Å²) in [6.07, 6.45) is 2.50. The minimum Gasteiger partial charge on any atom is -0.329 e. The van der Waals surface area contributed by atoms with Gasteiger partial charge in [0.1, 0.15) is 12.0 Å². The molecule has 0 aliphatic rings. The van der Waals surface area contributed by atoms with Gasteiger partial charge in [0.2, 0.25) is 5.91 Å². The van der Waals surface area contributed by atoms with E-state index in [0.29, 0.717) is 12.8 Å². The fourth-order valence-corrected chi connectivity index (χ4v) is 2.06. The van der Waals surface area contributed by atoms with Crippen molar-refractivity contribution in [2.24, 2.45) is 11.1 Å². The van der Waals surface area contributed by atoms with Crippen LogP contribution in [0.2, 0.25) is 10.3 Å². The van der Waals surface area contributed by atoms with Crippen molar-refractivity contribution in [3.63, 3.8) is 0 Å². The predicted molar refractivity (Wildman–Crippen MR) is 72.8 cm³/mol. The zero-order chi connectivity index (χ0) is 13.8. The molecule has 0 aliphatic carbocycles. The van der Waals surface area contributed by atoms with Gasteiger partial charge in [-0.05, 0) is 12.8 Å². The lowest BCUT2D eigenvalue weighted by Crippen LogP contribution is -2.41. The molecule has 0 bridgehead atoms. The summed E-state index contributed by atoms with van der Waals surface area (Å²) in [6.45, 7) is 4.09. The summed E-state index contributed by atoms with van der Waals surface area (Å²) in [5.41, 5.74) is 5.31. The molecule has 0 aromatic carbocycles. The van der Waals surface area contributed by atoms with Crippen LogP contribution in [0.15, 0.2) is 6.33 Å². The fourth-order valence-electron chi connectivity index (χ4n) is 1.65. The number of carbonyl (C=O) groups excluding carboxylic acids is 1. The summed E-state index contributed by atoms with van der Waals surface area (Å²) in [7, 11) is 0. The molecule has 0 aliphatic heterocycles. The van der Waals surface area contributed by atoms with Crippen molar-refractivity contribution in [3.8, 4) is 0 Å². The van der Waals surface area contributed by atoms with Crippen molar-refractivity contribution in [2.75, 3.05) is 11.9 Å². The molecule has 1 aromatic rings. The van der Waals surface area contributed by atoms with Crippen LogP contribution in [0.25, 0.3) is 0 Å². The maximum atomic E-state index is 12.3. The highest BCUT2D eigenvalue weighted by atomic mass is 35.5. The number of nitrogens with zero attached hydrogens (tertiary/aromatic N) is 2. The van der Waals surface area contributed by atoms with Crippen molar-refractivity contribution in [2.45, 2.75) is 26.7 Å². The quantitative estimate of drug-likeness (QED) is 0.817. The van der Waals surface area contributed by atoms with Gasteiger partial charge < -0.3 is 11.1 Å². The summed E-state index contributed by atoms with van der Waals surface area (Å²) >= 11 is 11.7. The normalized spacial score (nSPS) is 11.4. The van der Waals surface area contributed by atoms with Gasteiger partial charge in [0.25, 0.3) is 0 Å². The number of aromatic nitrogens is 2. The monoisotopic (exact) mass is 290 g/mol. The van der Waals surface area contributed by atoms with Crippen LogP contribution in [0, 0.1) is 5.41 Å². The number of anilines is 1. The Labute approximate surface area is 116 Å². The fraction of sp³-hybridized carbons (Fsp3) is 0.545. The molecule has 1 rings (SSSR count). The molecule has 0 fully saturated rings. The van der Waals surface area contributed by atoms with E-state index in [0.717, 1.165) is 0 Å². The van der Waals surface area contributed by atoms with Crippen LogP contribution in [0.5, 0.6) is 0 Å². The van der Waals surface area contributed by atoms with Gasteiger partial charge in [0.15, 0.2) is 10.3 Å². The summed E-state index contributed by atoms with van der Waals surface area (Å²) in [5, 5.41) is 2.89. The van der Waals surface area contributed by atoms with Gasteiger partial charge in [-0.2, -0.15) is 0 Å². The molecule has 0 saturated heterocycles. The Morgan fingerprint density at radius 1 is 1.33 bits per heavy atom. The number of halogens is 2. The molecular formula is C11H16Cl2N4O. The number of carbonyl (C=O) groups is 1. The molecule has 100 valence electrons. The number of nitrogens with one attached hydrogen (secondary N) is 1. The zero-order valence-corrected chi connectivity index (χ0v) is 11.8. The predicted octanol–water partition coefficient (Wildman–Crippen LogP) is 2.49. The van der Waals surface area contributed by atoms with Crippen molar-refractivity contribution < 1.29 is 4.79 Å². The maximum Gasteiger partial charge on any atom is 0.232 e. The average molecular weight is 291 g/mol. The topological polar surface area (TPSA) is 80.9 Å². The highest BCUT2D eigenvalue weighted by Gasteiger charge is 2.34. The molecule has 1 heterocycles. The molecule has 0 spiro atoms. The molecule has 0 atom stereocenters. The third-order valence-corrected chi connectivity index (χ3v) is 3.79. The van der Waals surface area contributed by atoms with E-state index >= 15 is 0 Å². The molecule has 1 aromatic heterocycles. The van der Waals surface area contributed by atoms with Crippen molar-refractivity contribution >= 4 is 34.8 Å². The smallest absolute Gasteiger partial charge is 0.232 e. The van der Waals surface area contributed by atoms with Crippen molar-refractivity contribution in [1.29, 1.82) is 0 Å². The van der Waals surface area contributed by atoms with E-state index in [4.69, 9.17) is 28.9 Å². The molecule has 0 unspecified atom stereocenters. The zero-order valence-electron chi connectivity index (χ0n) is 10.3. The second kappa shape index (κ2) is 6.31. The van der Waals surface area contributed by atoms with Gasteiger partial charge in [0.05, 0.1) is 5.41 Å². The van der Waals surface area contributed by atoms with Crippen LogP contribution in [0.3, 0.4) is 0 Å². The largest absolute Gasteiger partial charge is 0.329 e. The molecule has 7 heteroatoms. The van der Waals surface area contributed by atoms with E-state index in [9.17, 15) is 4.79 Å². The van der Waals surface area contributed by atoms with Crippen LogP contribution >= 0.6 is 23.2 Å². The van der Waals surface area contributed by atoms with E-state index in [1.54, 1.807) is 0 Å². The first-order chi connectivity index (χ1) is 8.50. The number of amides is 1. The van der Waals surface area contributed by atoms with Gasteiger partial charge in [-0.15, -0.1) is 0 Å². The number of rotatable bonds is 5. The highest BCUT2D eigenvalue weighted by Crippen LogP contribution is 2.31. The van der Waals surface area contributed by atoms with E-state index in [1.807, 2.05) is 13.8 Å². The summed E-state index contributed by atoms with van der Waals surface area (Å²) in [4.78, 5) is 19.8. The molecule has 0 saturated carbocycles. The van der Waals surface area contributed by atoms with Crippen LogP contribution in [-0.2, 0) is 4.79 Å². The van der Waals surface area contributed by atoms with Gasteiger partial charge in [-0.25, -0.2) is 9.97 Å². The van der Waals surface area contributed by atoms with Gasteiger partial charge in [-0.1, -0.05) is 37.0 Å². The Balaban J connectivity index is 3.00. The number of nitrogens with two attached hydrogens (primary N) is 1. The second-order valence-corrected chi connectivity index (χ2v) is 4.69. The number of hydrogen-bond donors (Lipinski definition) is 2. The molecular weight excluding hydrogens is 275 g/mol. The summed E-state index contributed by atoms with van der Waals surface area (Å²) in [5.74, 6) is -0.214. The summed E-state index contributed by atoms with van der Waals surface area (Å²) < 4.78 is 0. The molecule has 0 radical (unpaired) electrons. The Morgan fingerprint density at radius 3 is 2.22 bits per heavy atom. The Bertz CT molecular complexity index is 407. The average Bonchev–Trinajstić information content (AvgIpc) is 2.37. The van der Waals surface area contributed by atoms with Crippen molar-refractivity contribution in [3.05, 3.63) is 16.6 Å². The highest BCUT2D eigenvalue weighted by molar-refractivity contribution is 6.38. The van der Waals surface area contributed by atoms with Crippen LogP contribution < -0.4 is 11.1 Å². The Hall–Kier alpha value is -0.910. The van der Waals surface area contributed by atoms with Gasteiger partial charge in [0, 0.05) is 6.54 Å². The first-order valence-corrected chi connectivity index (χ1v) is 6.43. The Kier molecular flexibility index (Phi) is 5.31. The minimum atomic E-state index is -0.623. The van der Waals surface area contributed by atoms with Crippen LogP contribution in [0.1, 0.15) is 26.7 Å². The maximum absolute atomic E-state index is 12.3. The number of hydrogen-bond acceptors (Lipinski definition) is 4. The minimum absolute atomic E-state index is 0.112. The van der Waals surface area contributed by atoms with Crippen LogP contribution in [-0.4, -0.2) is 22.4 Å². The lowest BCUT2D eigenvalue weighted by Gasteiger charge is -2.28. The van der Waals surface area contributed by atoms with E-state index in [2.05, 4.69) is 15.3 Å². The van der Waals surface area contributed by atoms with Gasteiger partial charge in [-0.3, -0.25) is 4.79 Å². The third kappa shape index (κ3) is 2.91. The van der Waals surface area contributed by atoms with Crippen molar-refractivity contribution in [1.82, 2.24) is 9.97 Å². The first kappa shape index (κ1) is 15.1. The SMILES string of the molecule is CCC(CC)(CN)C(=O)Nc1c(Cl)ncnc1Cl. The van der Waals surface area contributed by atoms with E-state index < -0.39 is 5.41 Å². The van der Waals surface area contributed by atoms with Gasteiger partial charge >= 0.3 is 0 Å². The first-order valence-electron chi connectivity index (χ1n) is 5.68. The Morgan fingerprint density at radius 2 is 1.83 bits per heavy atom. The molecule has 3 N–H and O–H groups in total. The molecule has 5 nitrogen and oxygen atoms in total. The second-order valence-electron chi connectivity index (χ2n) is 3.98. The molecule has 1 amide bonds. The van der Waals surface area contributed by atoms with E-state index in [-0.39, 0.29) is 28.4 Å². The van der Waals surface area contributed by atoms with Crippen LogP contribution in [0.4, 0.5) is 5.69 Å². The van der Waals surface area contributed by atoms with E-state index in [1.165, 1.54) is 6.33 Å². The summed E-state index contributed by atoms with van der Waals surface area (Å²) in [6, 6.07) is 0. The lowest BCUT2D eigenvalue weighted by molar-refractivity contribution is -0.125.